The maximum atomic E-state index is 11.8. The van der Waals surface area contributed by atoms with Gasteiger partial charge in [0.25, 0.3) is 0 Å². The average Bonchev–Trinajstić information content (AvgIpc) is 2.89. The number of methoxy groups -OCH3 is 1. The summed E-state index contributed by atoms with van der Waals surface area (Å²) in [6.45, 7) is 0.206. The molecule has 0 aliphatic heterocycles. The Kier molecular flexibility index (Phi) is 4.18. The second kappa shape index (κ2) is 5.85. The van der Waals surface area contributed by atoms with E-state index in [-0.39, 0.29) is 12.3 Å². The molecule has 0 amide bonds. The summed E-state index contributed by atoms with van der Waals surface area (Å²) < 4.78 is 35.8. The average molecular weight is 282 g/mol. The minimum absolute atomic E-state index is 0.201. The van der Waals surface area contributed by atoms with Gasteiger partial charge in [-0.3, -0.25) is 0 Å². The van der Waals surface area contributed by atoms with Crippen molar-refractivity contribution in [2.75, 3.05) is 7.11 Å². The third-order valence-corrected chi connectivity index (χ3v) is 3.72. The predicted molar refractivity (Wildman–Crippen MR) is 69.0 cm³/mol. The molecule has 0 saturated carbocycles. The Morgan fingerprint density at radius 1 is 1.37 bits per heavy atom. The largest absolute Gasteiger partial charge is 0.497 e. The van der Waals surface area contributed by atoms with Crippen LogP contribution in [0.25, 0.3) is 0 Å². The van der Waals surface area contributed by atoms with Crippen molar-refractivity contribution in [1.29, 1.82) is 0 Å². The summed E-state index contributed by atoms with van der Waals surface area (Å²) in [5.41, 5.74) is 1.20. The molecule has 6 nitrogen and oxygen atoms in total. The molecule has 1 aromatic heterocycles. The van der Waals surface area contributed by atoms with Gasteiger partial charge >= 0.3 is 0 Å². The van der Waals surface area contributed by atoms with Crippen molar-refractivity contribution < 1.29 is 17.7 Å². The molecular formula is C12H14N2O4S. The summed E-state index contributed by atoms with van der Waals surface area (Å²) in [6.07, 6.45) is 1.34. The van der Waals surface area contributed by atoms with Crippen LogP contribution < -0.4 is 9.46 Å². The fraction of sp³-hybridized carbons (Fsp3) is 0.250. The van der Waals surface area contributed by atoms with Crippen molar-refractivity contribution in [3.63, 3.8) is 0 Å². The van der Waals surface area contributed by atoms with E-state index in [4.69, 9.17) is 4.74 Å². The van der Waals surface area contributed by atoms with E-state index in [2.05, 4.69) is 14.4 Å². The highest BCUT2D eigenvalue weighted by Crippen LogP contribution is 2.12. The molecule has 19 heavy (non-hydrogen) atoms. The van der Waals surface area contributed by atoms with Gasteiger partial charge < -0.3 is 9.26 Å². The predicted octanol–water partition coefficient (Wildman–Crippen LogP) is 1.30. The van der Waals surface area contributed by atoms with Gasteiger partial charge in [-0.05, 0) is 17.7 Å². The highest BCUT2D eigenvalue weighted by atomic mass is 32.2. The van der Waals surface area contributed by atoms with Crippen LogP contribution in [0.15, 0.2) is 41.1 Å². The molecule has 1 aromatic carbocycles. The number of rotatable bonds is 6. The lowest BCUT2D eigenvalue weighted by Crippen LogP contribution is -2.24. The minimum Gasteiger partial charge on any atom is -0.497 e. The molecule has 0 aliphatic rings. The normalized spacial score (nSPS) is 11.4. The van der Waals surface area contributed by atoms with Gasteiger partial charge in [-0.2, -0.15) is 0 Å². The van der Waals surface area contributed by atoms with Crippen molar-refractivity contribution in [1.82, 2.24) is 9.88 Å². The smallest absolute Gasteiger partial charge is 0.217 e. The summed E-state index contributed by atoms with van der Waals surface area (Å²) >= 11 is 0. The lowest BCUT2D eigenvalue weighted by Gasteiger charge is -2.06. The molecule has 0 fully saturated rings. The molecular weight excluding hydrogens is 268 g/mol. The van der Waals surface area contributed by atoms with Gasteiger partial charge in [0, 0.05) is 12.6 Å². The Bertz CT molecular complexity index is 623. The Hall–Kier alpha value is -1.86. The van der Waals surface area contributed by atoms with Gasteiger partial charge in [0.05, 0.1) is 12.8 Å². The molecule has 0 atom stereocenters. The first kappa shape index (κ1) is 13.6. The second-order valence-electron chi connectivity index (χ2n) is 3.92. The van der Waals surface area contributed by atoms with Crippen LogP contribution in [-0.2, 0) is 22.3 Å². The molecule has 2 rings (SSSR count). The van der Waals surface area contributed by atoms with Crippen LogP contribution in [0.2, 0.25) is 0 Å². The second-order valence-corrected chi connectivity index (χ2v) is 5.73. The van der Waals surface area contributed by atoms with Crippen LogP contribution in [0.1, 0.15) is 11.3 Å². The number of benzene rings is 1. The Morgan fingerprint density at radius 3 is 2.89 bits per heavy atom. The first-order valence-electron chi connectivity index (χ1n) is 5.58. The van der Waals surface area contributed by atoms with Crippen LogP contribution in [-0.4, -0.2) is 20.7 Å². The zero-order chi connectivity index (χ0) is 13.7. The molecule has 0 aliphatic carbocycles. The van der Waals surface area contributed by atoms with Crippen molar-refractivity contribution in [3.8, 4) is 5.75 Å². The third-order valence-electron chi connectivity index (χ3n) is 2.46. The third kappa shape index (κ3) is 4.08. The van der Waals surface area contributed by atoms with E-state index in [1.807, 2.05) is 6.07 Å². The monoisotopic (exact) mass is 282 g/mol. The summed E-state index contributed by atoms with van der Waals surface area (Å²) in [7, 11) is -1.87. The van der Waals surface area contributed by atoms with E-state index < -0.39 is 10.0 Å². The van der Waals surface area contributed by atoms with E-state index >= 15 is 0 Å². The first-order valence-corrected chi connectivity index (χ1v) is 7.24. The van der Waals surface area contributed by atoms with Gasteiger partial charge in [-0.15, -0.1) is 0 Å². The molecule has 0 spiro atoms. The van der Waals surface area contributed by atoms with E-state index in [9.17, 15) is 8.42 Å². The molecule has 0 radical (unpaired) electrons. The fourth-order valence-corrected chi connectivity index (χ4v) is 2.56. The molecule has 7 heteroatoms. The SMILES string of the molecule is COc1cccc(CNS(=O)(=O)Cc2ccon2)c1. The van der Waals surface area contributed by atoms with Crippen molar-refractivity contribution >= 4 is 10.0 Å². The molecule has 1 heterocycles. The number of hydrogen-bond donors (Lipinski definition) is 1. The van der Waals surface area contributed by atoms with Gasteiger partial charge in [-0.25, -0.2) is 13.1 Å². The highest BCUT2D eigenvalue weighted by Gasteiger charge is 2.13. The van der Waals surface area contributed by atoms with E-state index in [1.54, 1.807) is 25.3 Å². The molecule has 0 unspecified atom stereocenters. The maximum Gasteiger partial charge on any atom is 0.217 e. The van der Waals surface area contributed by atoms with Crippen LogP contribution in [0.5, 0.6) is 5.75 Å². The molecule has 0 bridgehead atoms. The van der Waals surface area contributed by atoms with Gasteiger partial charge in [0.15, 0.2) is 0 Å². The zero-order valence-corrected chi connectivity index (χ0v) is 11.2. The molecule has 102 valence electrons. The van der Waals surface area contributed by atoms with Crippen molar-refractivity contribution in [3.05, 3.63) is 47.9 Å². The number of nitrogens with one attached hydrogen (secondary N) is 1. The van der Waals surface area contributed by atoms with Gasteiger partial charge in [0.2, 0.25) is 10.0 Å². The van der Waals surface area contributed by atoms with Crippen molar-refractivity contribution in [2.24, 2.45) is 0 Å². The highest BCUT2D eigenvalue weighted by molar-refractivity contribution is 7.88. The van der Waals surface area contributed by atoms with Crippen LogP contribution in [0, 0.1) is 0 Å². The van der Waals surface area contributed by atoms with E-state index in [0.717, 1.165) is 5.56 Å². The fourth-order valence-electron chi connectivity index (χ4n) is 1.53. The lowest BCUT2D eigenvalue weighted by molar-refractivity contribution is 0.413. The summed E-state index contributed by atoms with van der Waals surface area (Å²) in [5, 5.41) is 3.57. The first-order chi connectivity index (χ1) is 9.09. The standard InChI is InChI=1S/C12H14N2O4S/c1-17-12-4-2-3-10(7-12)8-13-19(15,16)9-11-5-6-18-14-11/h2-7,13H,8-9H2,1H3. The van der Waals surface area contributed by atoms with E-state index in [0.29, 0.717) is 11.4 Å². The number of hydrogen-bond acceptors (Lipinski definition) is 5. The maximum absolute atomic E-state index is 11.8. The Morgan fingerprint density at radius 2 is 2.21 bits per heavy atom. The Labute approximate surface area is 111 Å². The summed E-state index contributed by atoms with van der Waals surface area (Å²) in [6, 6.07) is 8.72. The molecule has 2 aromatic rings. The topological polar surface area (TPSA) is 81.4 Å². The van der Waals surface area contributed by atoms with Gasteiger partial charge in [-0.1, -0.05) is 17.3 Å². The number of ether oxygens (including phenoxy) is 1. The zero-order valence-electron chi connectivity index (χ0n) is 10.4. The molecule has 1 N–H and O–H groups in total. The number of nitrogens with zero attached hydrogens (tertiary/aromatic N) is 1. The Balaban J connectivity index is 1.97. The minimum atomic E-state index is -3.44. The van der Waals surface area contributed by atoms with Crippen LogP contribution in [0.4, 0.5) is 0 Å². The van der Waals surface area contributed by atoms with Gasteiger partial charge in [0.1, 0.15) is 17.8 Å². The van der Waals surface area contributed by atoms with Crippen molar-refractivity contribution in [2.45, 2.75) is 12.3 Å². The lowest BCUT2D eigenvalue weighted by atomic mass is 10.2. The number of sulfonamides is 1. The molecule has 0 saturated heterocycles. The van der Waals surface area contributed by atoms with Crippen LogP contribution >= 0.6 is 0 Å². The van der Waals surface area contributed by atoms with Crippen LogP contribution in [0.3, 0.4) is 0 Å². The summed E-state index contributed by atoms with van der Waals surface area (Å²) in [4.78, 5) is 0. The van der Waals surface area contributed by atoms with E-state index in [1.165, 1.54) is 12.3 Å². The summed E-state index contributed by atoms with van der Waals surface area (Å²) in [5.74, 6) is 0.487. The number of aromatic nitrogens is 1. The quantitative estimate of drug-likeness (QED) is 0.863.